The summed E-state index contributed by atoms with van der Waals surface area (Å²) in [6, 6.07) is 7.11. The summed E-state index contributed by atoms with van der Waals surface area (Å²) < 4.78 is 0. The summed E-state index contributed by atoms with van der Waals surface area (Å²) >= 11 is 0. The van der Waals surface area contributed by atoms with Crippen molar-refractivity contribution in [1.82, 2.24) is 9.88 Å². The Morgan fingerprint density at radius 1 is 1.14 bits per heavy atom. The lowest BCUT2D eigenvalue weighted by Crippen LogP contribution is -2.39. The van der Waals surface area contributed by atoms with E-state index in [1.807, 2.05) is 30.9 Å². The predicted molar refractivity (Wildman–Crippen MR) is 106 cm³/mol. The number of nitrogens with one attached hydrogen (secondary N) is 1. The van der Waals surface area contributed by atoms with Crippen LogP contribution in [-0.4, -0.2) is 45.7 Å². The van der Waals surface area contributed by atoms with Crippen molar-refractivity contribution in [2.75, 3.05) is 13.1 Å². The van der Waals surface area contributed by atoms with Crippen LogP contribution in [0, 0.1) is 19.8 Å². The summed E-state index contributed by atoms with van der Waals surface area (Å²) in [5.41, 5.74) is 3.75. The van der Waals surface area contributed by atoms with E-state index in [9.17, 15) is 19.5 Å². The highest BCUT2D eigenvalue weighted by atomic mass is 16.4. The van der Waals surface area contributed by atoms with Crippen LogP contribution in [0.1, 0.15) is 67.8 Å². The van der Waals surface area contributed by atoms with E-state index < -0.39 is 5.97 Å². The molecule has 0 radical (unpaired) electrons. The molecule has 1 amide bonds. The number of amides is 1. The molecule has 2 N–H and O–H groups in total. The molecule has 6 nitrogen and oxygen atoms in total. The van der Waals surface area contributed by atoms with Gasteiger partial charge in [-0.2, -0.15) is 0 Å². The summed E-state index contributed by atoms with van der Waals surface area (Å²) in [6.45, 7) is 6.39. The molecule has 1 aromatic heterocycles. The number of aryl methyl sites for hydroxylation is 1. The first-order chi connectivity index (χ1) is 13.3. The van der Waals surface area contributed by atoms with Crippen LogP contribution in [0.5, 0.6) is 0 Å². The van der Waals surface area contributed by atoms with Gasteiger partial charge in [0.2, 0.25) is 0 Å². The fraction of sp³-hybridized carbons (Fsp3) is 0.409. The maximum Gasteiger partial charge on any atom is 0.335 e. The Morgan fingerprint density at radius 3 is 2.36 bits per heavy atom. The van der Waals surface area contributed by atoms with Crippen LogP contribution in [0.15, 0.2) is 24.3 Å². The Kier molecular flexibility index (Phi) is 5.68. The van der Waals surface area contributed by atoms with Gasteiger partial charge >= 0.3 is 5.97 Å². The van der Waals surface area contributed by atoms with E-state index in [0.29, 0.717) is 47.8 Å². The minimum atomic E-state index is -0.901. The summed E-state index contributed by atoms with van der Waals surface area (Å²) in [7, 11) is 0. The van der Waals surface area contributed by atoms with E-state index in [1.54, 1.807) is 12.1 Å². The first-order valence-corrected chi connectivity index (χ1v) is 9.60. The first-order valence-electron chi connectivity index (χ1n) is 9.60. The van der Waals surface area contributed by atoms with Crippen LogP contribution in [0.3, 0.4) is 0 Å². The van der Waals surface area contributed by atoms with E-state index >= 15 is 0 Å². The van der Waals surface area contributed by atoms with Crippen molar-refractivity contribution in [2.24, 2.45) is 5.92 Å². The number of carboxylic acids is 1. The molecule has 2 aromatic rings. The number of likely N-dealkylation sites (tertiary alicyclic amines) is 1. The van der Waals surface area contributed by atoms with E-state index in [0.717, 1.165) is 24.1 Å². The van der Waals surface area contributed by atoms with Gasteiger partial charge in [0.1, 0.15) is 5.69 Å². The van der Waals surface area contributed by atoms with E-state index in [2.05, 4.69) is 4.98 Å². The van der Waals surface area contributed by atoms with Crippen LogP contribution in [0.4, 0.5) is 0 Å². The van der Waals surface area contributed by atoms with Crippen LogP contribution in [0.2, 0.25) is 0 Å². The second-order valence-corrected chi connectivity index (χ2v) is 7.58. The second kappa shape index (κ2) is 8.00. The Bertz CT molecular complexity index is 921. The normalized spacial score (nSPS) is 14.9. The molecule has 1 saturated heterocycles. The largest absolute Gasteiger partial charge is 0.478 e. The number of aromatic amines is 1. The van der Waals surface area contributed by atoms with E-state index in [-0.39, 0.29) is 11.7 Å². The maximum absolute atomic E-state index is 12.9. The molecule has 148 valence electrons. The molecule has 1 fully saturated rings. The quantitative estimate of drug-likeness (QED) is 0.773. The van der Waals surface area contributed by atoms with Gasteiger partial charge in [-0.3, -0.25) is 9.59 Å². The van der Waals surface area contributed by atoms with Gasteiger partial charge in [-0.1, -0.05) is 18.2 Å². The van der Waals surface area contributed by atoms with Gasteiger partial charge in [-0.25, -0.2) is 4.79 Å². The topological polar surface area (TPSA) is 90.5 Å². The van der Waals surface area contributed by atoms with E-state index in [4.69, 9.17) is 0 Å². The molecule has 1 aliphatic rings. The molecule has 1 aromatic carbocycles. The van der Waals surface area contributed by atoms with Crippen molar-refractivity contribution in [3.63, 3.8) is 0 Å². The number of hydrogen-bond acceptors (Lipinski definition) is 3. The van der Waals surface area contributed by atoms with Gasteiger partial charge in [0, 0.05) is 24.3 Å². The smallest absolute Gasteiger partial charge is 0.335 e. The van der Waals surface area contributed by atoms with Crippen LogP contribution in [0.25, 0.3) is 0 Å². The zero-order valence-electron chi connectivity index (χ0n) is 16.5. The molecular weight excluding hydrogens is 356 g/mol. The van der Waals surface area contributed by atoms with Gasteiger partial charge in [0.05, 0.1) is 5.56 Å². The number of carboxylic acid groups (broad SMARTS) is 1. The van der Waals surface area contributed by atoms with Gasteiger partial charge in [0.25, 0.3) is 5.91 Å². The van der Waals surface area contributed by atoms with Gasteiger partial charge in [-0.15, -0.1) is 0 Å². The van der Waals surface area contributed by atoms with Crippen molar-refractivity contribution in [3.8, 4) is 0 Å². The number of benzene rings is 1. The molecular formula is C22H26N2O4. The third-order valence-corrected chi connectivity index (χ3v) is 5.66. The van der Waals surface area contributed by atoms with Crippen molar-refractivity contribution in [3.05, 3.63) is 57.9 Å². The molecule has 0 unspecified atom stereocenters. The molecule has 0 atom stereocenters. The highest BCUT2D eigenvalue weighted by molar-refractivity contribution is 6.02. The zero-order valence-corrected chi connectivity index (χ0v) is 16.5. The molecule has 0 bridgehead atoms. The first kappa shape index (κ1) is 19.9. The van der Waals surface area contributed by atoms with Gasteiger partial charge < -0.3 is 15.0 Å². The van der Waals surface area contributed by atoms with Crippen molar-refractivity contribution < 1.29 is 19.5 Å². The molecule has 1 aliphatic heterocycles. The fourth-order valence-corrected chi connectivity index (χ4v) is 4.21. The lowest BCUT2D eigenvalue weighted by molar-refractivity contribution is 0.0684. The molecule has 0 spiro atoms. The average Bonchev–Trinajstić information content (AvgIpc) is 2.96. The number of Topliss-reactive ketones (excluding diaryl/α,β-unsaturated/α-hetero) is 1. The number of carbonyl (C=O) groups excluding carboxylic acids is 2. The van der Waals surface area contributed by atoms with Crippen molar-refractivity contribution in [1.29, 1.82) is 0 Å². The van der Waals surface area contributed by atoms with Gasteiger partial charge in [-0.05, 0) is 63.1 Å². The van der Waals surface area contributed by atoms with Crippen LogP contribution < -0.4 is 0 Å². The minimum Gasteiger partial charge on any atom is -0.478 e. The number of rotatable bonds is 5. The SMILES string of the molecule is CC(=O)c1c(C)[nH]c(C(=O)N2CCC(Cc3ccccc3C(=O)O)CC2)c1C. The van der Waals surface area contributed by atoms with Crippen molar-refractivity contribution >= 4 is 17.7 Å². The number of ketones is 1. The highest BCUT2D eigenvalue weighted by Gasteiger charge is 2.28. The van der Waals surface area contributed by atoms with Crippen LogP contribution in [-0.2, 0) is 6.42 Å². The number of carbonyl (C=O) groups is 3. The highest BCUT2D eigenvalue weighted by Crippen LogP contribution is 2.26. The standard InChI is InChI=1S/C22H26N2O4/c1-13-19(15(3)25)14(2)23-20(13)21(26)24-10-8-16(9-11-24)12-17-6-4-5-7-18(17)22(27)28/h4-7,16,23H,8-12H2,1-3H3,(H,27,28). The third kappa shape index (κ3) is 3.86. The van der Waals surface area contributed by atoms with Crippen molar-refractivity contribution in [2.45, 2.75) is 40.0 Å². The summed E-state index contributed by atoms with van der Waals surface area (Å²) in [6.07, 6.45) is 2.37. The Hall–Kier alpha value is -2.89. The van der Waals surface area contributed by atoms with Gasteiger partial charge in [0.15, 0.2) is 5.78 Å². The van der Waals surface area contributed by atoms with Crippen LogP contribution >= 0.6 is 0 Å². The summed E-state index contributed by atoms with van der Waals surface area (Å²) in [4.78, 5) is 41.0. The molecule has 0 aliphatic carbocycles. The lowest BCUT2D eigenvalue weighted by atomic mass is 9.88. The number of aromatic nitrogens is 1. The summed E-state index contributed by atoms with van der Waals surface area (Å²) in [5.74, 6) is -0.663. The summed E-state index contributed by atoms with van der Waals surface area (Å²) in [5, 5.41) is 9.35. The Balaban J connectivity index is 1.66. The predicted octanol–water partition coefficient (Wildman–Crippen LogP) is 3.63. The molecule has 2 heterocycles. The Morgan fingerprint density at radius 2 is 1.79 bits per heavy atom. The second-order valence-electron chi connectivity index (χ2n) is 7.58. The molecule has 28 heavy (non-hydrogen) atoms. The minimum absolute atomic E-state index is 0.0406. The average molecular weight is 382 g/mol. The maximum atomic E-state index is 12.9. The number of H-pyrrole nitrogens is 1. The molecule has 0 saturated carbocycles. The lowest BCUT2D eigenvalue weighted by Gasteiger charge is -2.32. The third-order valence-electron chi connectivity index (χ3n) is 5.66. The monoisotopic (exact) mass is 382 g/mol. The molecule has 6 heteroatoms. The number of hydrogen-bond donors (Lipinski definition) is 2. The fourth-order valence-electron chi connectivity index (χ4n) is 4.21. The van der Waals surface area contributed by atoms with E-state index in [1.165, 1.54) is 6.92 Å². The number of nitrogens with zero attached hydrogens (tertiary/aromatic N) is 1. The molecule has 3 rings (SSSR count). The zero-order chi connectivity index (χ0) is 20.4. The number of aromatic carboxylic acids is 1. The Labute approximate surface area is 164 Å². The number of piperidine rings is 1.